The van der Waals surface area contributed by atoms with E-state index in [1.54, 1.807) is 55.3 Å². The van der Waals surface area contributed by atoms with Crippen molar-refractivity contribution in [2.45, 2.75) is 32.2 Å². The number of methoxy groups -OCH3 is 2. The lowest BCUT2D eigenvalue weighted by Gasteiger charge is -2.22. The molecule has 1 aliphatic rings. The molecule has 1 aromatic carbocycles. The maximum atomic E-state index is 13.0. The van der Waals surface area contributed by atoms with E-state index in [2.05, 4.69) is 5.16 Å². The summed E-state index contributed by atoms with van der Waals surface area (Å²) < 4.78 is 16.1. The molecule has 8 nitrogen and oxygen atoms in total. The Morgan fingerprint density at radius 2 is 1.97 bits per heavy atom. The molecule has 0 bridgehead atoms. The third kappa shape index (κ3) is 4.70. The summed E-state index contributed by atoms with van der Waals surface area (Å²) in [5.74, 6) is 1.45. The minimum absolute atomic E-state index is 0.0212. The van der Waals surface area contributed by atoms with Crippen LogP contribution >= 0.6 is 0 Å². The van der Waals surface area contributed by atoms with Crippen LogP contribution in [0.3, 0.4) is 0 Å². The van der Waals surface area contributed by atoms with Crippen LogP contribution in [0, 0.1) is 0 Å². The van der Waals surface area contributed by atoms with Gasteiger partial charge >= 0.3 is 0 Å². The van der Waals surface area contributed by atoms with Gasteiger partial charge in [0.2, 0.25) is 5.91 Å². The largest absolute Gasteiger partial charge is 0.497 e. The van der Waals surface area contributed by atoms with Gasteiger partial charge in [0.15, 0.2) is 11.5 Å². The third-order valence-corrected chi connectivity index (χ3v) is 5.12. The fraction of sp³-hybridized carbons (Fsp3) is 0.476. The minimum Gasteiger partial charge on any atom is -0.497 e. The van der Waals surface area contributed by atoms with Gasteiger partial charge in [-0.15, -0.1) is 0 Å². The zero-order valence-corrected chi connectivity index (χ0v) is 17.3. The lowest BCUT2D eigenvalue weighted by atomic mass is 10.1. The van der Waals surface area contributed by atoms with Crippen molar-refractivity contribution in [3.05, 3.63) is 30.0 Å². The van der Waals surface area contributed by atoms with Crippen molar-refractivity contribution in [1.82, 2.24) is 15.0 Å². The summed E-state index contributed by atoms with van der Waals surface area (Å²) >= 11 is 0. The molecule has 1 saturated carbocycles. The molecule has 8 heteroatoms. The number of hydrogen-bond donors (Lipinski definition) is 0. The van der Waals surface area contributed by atoms with Crippen LogP contribution in [-0.2, 0) is 4.79 Å². The van der Waals surface area contributed by atoms with Crippen molar-refractivity contribution < 1.29 is 23.6 Å². The van der Waals surface area contributed by atoms with Crippen molar-refractivity contribution in [2.75, 3.05) is 34.4 Å². The van der Waals surface area contributed by atoms with Gasteiger partial charge < -0.3 is 23.8 Å². The van der Waals surface area contributed by atoms with Crippen LogP contribution in [0.15, 0.2) is 28.8 Å². The lowest BCUT2D eigenvalue weighted by Crippen LogP contribution is -2.37. The summed E-state index contributed by atoms with van der Waals surface area (Å²) in [7, 11) is 4.90. The molecular weight excluding hydrogens is 374 g/mol. The lowest BCUT2D eigenvalue weighted by molar-refractivity contribution is -0.129. The number of ether oxygens (including phenoxy) is 2. The Hall–Kier alpha value is -3.03. The highest BCUT2D eigenvalue weighted by atomic mass is 16.5. The van der Waals surface area contributed by atoms with Crippen LogP contribution in [0.25, 0.3) is 11.3 Å². The highest BCUT2D eigenvalue weighted by Gasteiger charge is 2.34. The number of carbonyl (C=O) groups is 2. The summed E-state index contributed by atoms with van der Waals surface area (Å²) in [5.41, 5.74) is 0.865. The Labute approximate surface area is 170 Å². The van der Waals surface area contributed by atoms with Gasteiger partial charge in [0.1, 0.15) is 11.5 Å². The summed E-state index contributed by atoms with van der Waals surface area (Å²) in [4.78, 5) is 28.5. The number of aromatic nitrogens is 1. The van der Waals surface area contributed by atoms with Gasteiger partial charge in [0, 0.05) is 38.7 Å². The zero-order chi connectivity index (χ0) is 21.0. The van der Waals surface area contributed by atoms with E-state index in [1.165, 1.54) is 0 Å². The molecule has 2 amide bonds. The van der Waals surface area contributed by atoms with Crippen LogP contribution in [0.1, 0.15) is 36.7 Å². The standard InChI is InChI=1S/C21H27N3O5/c1-5-23(2)20(25)10-11-24(14-6-7-14)21(26)17-13-19(29-22-17)16-12-15(27-3)8-9-18(16)28-4/h8-9,12-14H,5-7,10-11H2,1-4H3. The van der Waals surface area contributed by atoms with Crippen molar-refractivity contribution >= 4 is 11.8 Å². The first-order valence-electron chi connectivity index (χ1n) is 9.72. The Balaban J connectivity index is 1.78. The van der Waals surface area contributed by atoms with Gasteiger partial charge in [-0.25, -0.2) is 0 Å². The van der Waals surface area contributed by atoms with Gasteiger partial charge in [0.25, 0.3) is 5.91 Å². The number of nitrogens with zero attached hydrogens (tertiary/aromatic N) is 3. The molecule has 1 aromatic heterocycles. The first kappa shape index (κ1) is 20.7. The smallest absolute Gasteiger partial charge is 0.276 e. The van der Waals surface area contributed by atoms with E-state index in [9.17, 15) is 9.59 Å². The molecule has 3 rings (SSSR count). The van der Waals surface area contributed by atoms with Gasteiger partial charge in [-0.2, -0.15) is 0 Å². The molecule has 2 aromatic rings. The number of carbonyl (C=O) groups excluding carboxylic acids is 2. The van der Waals surface area contributed by atoms with Crippen LogP contribution in [0.4, 0.5) is 0 Å². The van der Waals surface area contributed by atoms with E-state index >= 15 is 0 Å². The Kier molecular flexibility index (Phi) is 6.41. The molecule has 29 heavy (non-hydrogen) atoms. The molecular formula is C21H27N3O5. The molecule has 0 saturated heterocycles. The van der Waals surface area contributed by atoms with Crippen LogP contribution in [-0.4, -0.2) is 67.2 Å². The van der Waals surface area contributed by atoms with Crippen molar-refractivity contribution in [1.29, 1.82) is 0 Å². The fourth-order valence-electron chi connectivity index (χ4n) is 3.08. The quantitative estimate of drug-likeness (QED) is 0.642. The van der Waals surface area contributed by atoms with E-state index in [0.29, 0.717) is 42.3 Å². The van der Waals surface area contributed by atoms with Crippen molar-refractivity contribution in [3.8, 4) is 22.8 Å². The van der Waals surface area contributed by atoms with E-state index in [0.717, 1.165) is 12.8 Å². The number of rotatable bonds is 9. The number of hydrogen-bond acceptors (Lipinski definition) is 6. The number of benzene rings is 1. The molecule has 0 radical (unpaired) electrons. The molecule has 1 fully saturated rings. The van der Waals surface area contributed by atoms with Crippen LogP contribution in [0.5, 0.6) is 11.5 Å². The van der Waals surface area contributed by atoms with Gasteiger partial charge in [0.05, 0.1) is 19.8 Å². The van der Waals surface area contributed by atoms with E-state index in [1.807, 2.05) is 6.92 Å². The summed E-state index contributed by atoms with van der Waals surface area (Å²) in [5, 5.41) is 3.97. The second-order valence-corrected chi connectivity index (χ2v) is 7.03. The Morgan fingerprint density at radius 3 is 2.59 bits per heavy atom. The first-order chi connectivity index (χ1) is 14.0. The monoisotopic (exact) mass is 401 g/mol. The number of amides is 2. The highest BCUT2D eigenvalue weighted by molar-refractivity contribution is 5.94. The van der Waals surface area contributed by atoms with Crippen molar-refractivity contribution in [3.63, 3.8) is 0 Å². The van der Waals surface area contributed by atoms with Crippen LogP contribution in [0.2, 0.25) is 0 Å². The predicted molar refractivity (Wildman–Crippen MR) is 107 cm³/mol. The van der Waals surface area contributed by atoms with Gasteiger partial charge in [-0.1, -0.05) is 5.16 Å². The van der Waals surface area contributed by atoms with Gasteiger partial charge in [-0.3, -0.25) is 9.59 Å². The maximum Gasteiger partial charge on any atom is 0.276 e. The summed E-state index contributed by atoms with van der Waals surface area (Å²) in [6.45, 7) is 2.94. The van der Waals surface area contributed by atoms with E-state index in [4.69, 9.17) is 14.0 Å². The maximum absolute atomic E-state index is 13.0. The van der Waals surface area contributed by atoms with Crippen LogP contribution < -0.4 is 9.47 Å². The molecule has 0 spiro atoms. The minimum atomic E-state index is -0.226. The third-order valence-electron chi connectivity index (χ3n) is 5.12. The first-order valence-corrected chi connectivity index (χ1v) is 9.72. The topological polar surface area (TPSA) is 85.1 Å². The molecule has 0 aliphatic heterocycles. The molecule has 1 aliphatic carbocycles. The molecule has 0 N–H and O–H groups in total. The second-order valence-electron chi connectivity index (χ2n) is 7.03. The molecule has 0 atom stereocenters. The normalized spacial score (nSPS) is 13.1. The summed E-state index contributed by atoms with van der Waals surface area (Å²) in [6, 6.07) is 7.09. The Morgan fingerprint density at radius 1 is 1.21 bits per heavy atom. The second kappa shape index (κ2) is 8.98. The SMILES string of the molecule is CCN(C)C(=O)CCN(C(=O)c1cc(-c2cc(OC)ccc2OC)on1)C1CC1. The molecule has 156 valence electrons. The molecule has 0 unspecified atom stereocenters. The van der Waals surface area contributed by atoms with E-state index < -0.39 is 0 Å². The zero-order valence-electron chi connectivity index (χ0n) is 17.3. The van der Waals surface area contributed by atoms with E-state index in [-0.39, 0.29) is 23.6 Å². The molecule has 1 heterocycles. The Bertz CT molecular complexity index is 875. The average Bonchev–Trinajstić information content (AvgIpc) is 3.47. The predicted octanol–water partition coefficient (Wildman–Crippen LogP) is 2.83. The van der Waals surface area contributed by atoms with Crippen molar-refractivity contribution in [2.24, 2.45) is 0 Å². The highest BCUT2D eigenvalue weighted by Crippen LogP contribution is 2.34. The average molecular weight is 401 g/mol. The fourth-order valence-corrected chi connectivity index (χ4v) is 3.08. The summed E-state index contributed by atoms with van der Waals surface area (Å²) in [6.07, 6.45) is 2.18. The van der Waals surface area contributed by atoms with Gasteiger partial charge in [-0.05, 0) is 38.0 Å².